The van der Waals surface area contributed by atoms with E-state index in [0.717, 1.165) is 45.4 Å². The number of nitrogens with zero attached hydrogens (tertiary/aromatic N) is 1. The van der Waals surface area contributed by atoms with E-state index in [4.69, 9.17) is 10.2 Å². The number of carbonyl (C=O) groups excluding carboxylic acids is 8. The summed E-state index contributed by atoms with van der Waals surface area (Å²) in [4.78, 5) is 143. The summed E-state index contributed by atoms with van der Waals surface area (Å²) in [6.45, 7) is 5.33. The van der Waals surface area contributed by atoms with Crippen LogP contribution in [0.25, 0.3) is 0 Å². The van der Waals surface area contributed by atoms with Crippen LogP contribution in [0.3, 0.4) is 0 Å². The van der Waals surface area contributed by atoms with Crippen molar-refractivity contribution in [3.05, 3.63) is 0 Å². The molecule has 1 aliphatic heterocycles. The molecule has 3 aliphatic rings. The SMILES string of the molecule is CCCC(NC(=O)C1CC2CCCCC2N1C(=O)C(NC(=O)C(NC(=O)C(CCC(=O)O)NC(=O)C(CCC(=O)O)NC(C)=O)C(C)C)C1CCCCC1)C(=O)C(=O)NCC(=O)O. The monoisotopic (exact) mass is 891 g/mol. The van der Waals surface area contributed by atoms with Gasteiger partial charge in [-0.15, -0.1) is 0 Å². The first-order chi connectivity index (χ1) is 29.7. The van der Waals surface area contributed by atoms with Crippen molar-refractivity contribution in [2.45, 2.75) is 173 Å². The van der Waals surface area contributed by atoms with Gasteiger partial charge in [0.1, 0.15) is 36.8 Å². The maximum absolute atomic E-state index is 15.1. The lowest BCUT2D eigenvalue weighted by Crippen LogP contribution is -2.62. The Balaban J connectivity index is 1.92. The maximum Gasteiger partial charge on any atom is 0.322 e. The van der Waals surface area contributed by atoms with Crippen LogP contribution in [-0.2, 0) is 52.7 Å². The molecule has 3 fully saturated rings. The molecule has 0 aromatic carbocycles. The van der Waals surface area contributed by atoms with E-state index >= 15 is 4.79 Å². The number of rotatable bonds is 24. The second-order valence-electron chi connectivity index (χ2n) is 17.2. The molecule has 1 saturated heterocycles. The van der Waals surface area contributed by atoms with Gasteiger partial charge in [-0.2, -0.15) is 0 Å². The number of carboxylic acid groups (broad SMARTS) is 3. The molecule has 2 saturated carbocycles. The van der Waals surface area contributed by atoms with Gasteiger partial charge in [0.05, 0.1) is 6.04 Å². The number of hydrogen-bond donors (Lipinski definition) is 9. The van der Waals surface area contributed by atoms with Gasteiger partial charge in [0.25, 0.3) is 5.91 Å². The number of nitrogens with one attached hydrogen (secondary N) is 6. The van der Waals surface area contributed by atoms with E-state index in [-0.39, 0.29) is 37.1 Å². The standard InChI is InChI=1S/C42H65N7O14/c1-5-11-26(36(57)41(62)43-21-33(55)56)45-39(60)30-20-25-14-9-10-15-29(25)49(30)42(63)35(24-12-7-6-8-13-24)48-40(61)34(22(2)3)47-38(59)28(17-19-32(53)54)46-37(58)27(44-23(4)50)16-18-31(51)52/h22,24-30,34-35H,5-21H2,1-4H3,(H,43,62)(H,44,50)(H,45,60)(H,46,58)(H,47,59)(H,48,61)(H,51,52)(H,53,54)(H,55,56). The van der Waals surface area contributed by atoms with E-state index in [1.165, 1.54) is 4.90 Å². The number of fused-ring (bicyclic) bond motifs is 1. The lowest BCUT2D eigenvalue weighted by Gasteiger charge is -2.39. The molecule has 8 unspecified atom stereocenters. The number of carboxylic acids is 3. The van der Waals surface area contributed by atoms with E-state index < -0.39 is 133 Å². The highest BCUT2D eigenvalue weighted by molar-refractivity contribution is 6.38. The largest absolute Gasteiger partial charge is 0.481 e. The lowest BCUT2D eigenvalue weighted by molar-refractivity contribution is -0.147. The number of Topliss-reactive ketones (excluding diaryl/α,β-unsaturated/α-hetero) is 1. The molecule has 63 heavy (non-hydrogen) atoms. The summed E-state index contributed by atoms with van der Waals surface area (Å²) >= 11 is 0. The topological polar surface area (TPSA) is 324 Å². The van der Waals surface area contributed by atoms with Crippen LogP contribution in [0, 0.1) is 17.8 Å². The Hall–Kier alpha value is -5.63. The first-order valence-electron chi connectivity index (χ1n) is 22.0. The molecule has 0 aromatic rings. The smallest absolute Gasteiger partial charge is 0.322 e. The third-order valence-corrected chi connectivity index (χ3v) is 12.0. The highest BCUT2D eigenvalue weighted by atomic mass is 16.4. The molecule has 0 bridgehead atoms. The molecule has 1 heterocycles. The first-order valence-corrected chi connectivity index (χ1v) is 22.0. The fraction of sp³-hybridized carbons (Fsp3) is 0.738. The van der Waals surface area contributed by atoms with Crippen LogP contribution in [0.15, 0.2) is 0 Å². The van der Waals surface area contributed by atoms with Gasteiger partial charge in [0.2, 0.25) is 41.2 Å². The molecule has 0 aromatic heterocycles. The second-order valence-corrected chi connectivity index (χ2v) is 17.2. The predicted octanol–water partition coefficient (Wildman–Crippen LogP) is 0.126. The molecule has 0 radical (unpaired) electrons. The second kappa shape index (κ2) is 24.9. The Kier molecular flexibility index (Phi) is 20.4. The molecule has 7 amide bonds. The molecule has 21 nitrogen and oxygen atoms in total. The minimum Gasteiger partial charge on any atom is -0.481 e. The van der Waals surface area contributed by atoms with Crippen molar-refractivity contribution in [2.24, 2.45) is 17.8 Å². The molecule has 3 rings (SSSR count). The maximum atomic E-state index is 15.1. The van der Waals surface area contributed by atoms with Gasteiger partial charge >= 0.3 is 17.9 Å². The van der Waals surface area contributed by atoms with E-state index in [1.807, 2.05) is 5.32 Å². The zero-order chi connectivity index (χ0) is 47.0. The first kappa shape index (κ1) is 51.7. The molecule has 0 spiro atoms. The highest BCUT2D eigenvalue weighted by Gasteiger charge is 2.51. The quantitative estimate of drug-likeness (QED) is 0.0582. The Labute approximate surface area is 366 Å². The fourth-order valence-electron chi connectivity index (χ4n) is 8.87. The fourth-order valence-corrected chi connectivity index (χ4v) is 8.87. The Morgan fingerprint density at radius 2 is 1.21 bits per heavy atom. The molecule has 8 atom stereocenters. The third-order valence-electron chi connectivity index (χ3n) is 12.0. The zero-order valence-corrected chi connectivity index (χ0v) is 36.6. The summed E-state index contributed by atoms with van der Waals surface area (Å²) in [5.74, 6) is -11.5. The Morgan fingerprint density at radius 1 is 0.635 bits per heavy atom. The van der Waals surface area contributed by atoms with Crippen LogP contribution in [0.2, 0.25) is 0 Å². The van der Waals surface area contributed by atoms with Crippen molar-refractivity contribution in [1.82, 2.24) is 36.8 Å². The van der Waals surface area contributed by atoms with Crippen molar-refractivity contribution in [1.29, 1.82) is 0 Å². The van der Waals surface area contributed by atoms with Gasteiger partial charge in [0.15, 0.2) is 0 Å². The number of ketones is 1. The summed E-state index contributed by atoms with van der Waals surface area (Å²) in [5.41, 5.74) is 0. The number of likely N-dealkylation sites (tertiary alicyclic amines) is 1. The van der Waals surface area contributed by atoms with Crippen LogP contribution < -0.4 is 31.9 Å². The van der Waals surface area contributed by atoms with E-state index in [9.17, 15) is 53.1 Å². The summed E-state index contributed by atoms with van der Waals surface area (Å²) in [6.07, 6.45) is 5.50. The van der Waals surface area contributed by atoms with Gasteiger partial charge < -0.3 is 52.1 Å². The van der Waals surface area contributed by atoms with Crippen LogP contribution in [0.5, 0.6) is 0 Å². The minimum absolute atomic E-state index is 0.0598. The van der Waals surface area contributed by atoms with Crippen molar-refractivity contribution < 1.29 is 68.1 Å². The van der Waals surface area contributed by atoms with Crippen LogP contribution in [0.4, 0.5) is 0 Å². The van der Waals surface area contributed by atoms with E-state index in [2.05, 4.69) is 26.6 Å². The third kappa shape index (κ3) is 15.6. The van der Waals surface area contributed by atoms with Crippen LogP contribution in [0.1, 0.15) is 130 Å². The van der Waals surface area contributed by atoms with Gasteiger partial charge in [-0.25, -0.2) is 0 Å². The molecule has 21 heteroatoms. The van der Waals surface area contributed by atoms with Crippen molar-refractivity contribution >= 4 is 65.0 Å². The summed E-state index contributed by atoms with van der Waals surface area (Å²) in [7, 11) is 0. The average Bonchev–Trinajstić information content (AvgIpc) is 3.63. The molecule has 352 valence electrons. The minimum atomic E-state index is -1.53. The normalized spacial score (nSPS) is 21.0. The molecule has 2 aliphatic carbocycles. The average molecular weight is 892 g/mol. The van der Waals surface area contributed by atoms with Gasteiger partial charge in [-0.1, -0.05) is 59.3 Å². The molecular weight excluding hydrogens is 826 g/mol. The van der Waals surface area contributed by atoms with Crippen molar-refractivity contribution in [3.63, 3.8) is 0 Å². The number of hydrogen-bond acceptors (Lipinski definition) is 11. The summed E-state index contributed by atoms with van der Waals surface area (Å²) in [5, 5.41) is 42.5. The zero-order valence-electron chi connectivity index (χ0n) is 36.6. The van der Waals surface area contributed by atoms with E-state index in [0.29, 0.717) is 25.7 Å². The van der Waals surface area contributed by atoms with Crippen LogP contribution in [-0.4, -0.2) is 134 Å². The number of aliphatic carboxylic acids is 3. The van der Waals surface area contributed by atoms with E-state index in [1.54, 1.807) is 20.8 Å². The molecule has 9 N–H and O–H groups in total. The summed E-state index contributed by atoms with van der Waals surface area (Å²) in [6, 6.07) is -8.06. The highest BCUT2D eigenvalue weighted by Crippen LogP contribution is 2.41. The lowest BCUT2D eigenvalue weighted by atomic mass is 9.82. The summed E-state index contributed by atoms with van der Waals surface area (Å²) < 4.78 is 0. The number of amides is 7. The van der Waals surface area contributed by atoms with Crippen LogP contribution >= 0.6 is 0 Å². The van der Waals surface area contributed by atoms with Gasteiger partial charge in [0, 0.05) is 25.8 Å². The van der Waals surface area contributed by atoms with Gasteiger partial charge in [-0.05, 0) is 69.1 Å². The van der Waals surface area contributed by atoms with Gasteiger partial charge in [-0.3, -0.25) is 52.7 Å². The molecular formula is C42H65N7O14. The Bertz CT molecular complexity index is 1720. The van der Waals surface area contributed by atoms with Crippen molar-refractivity contribution in [3.8, 4) is 0 Å². The number of carbonyl (C=O) groups is 11. The Morgan fingerprint density at radius 3 is 1.76 bits per heavy atom. The predicted molar refractivity (Wildman–Crippen MR) is 222 cm³/mol. The van der Waals surface area contributed by atoms with Crippen molar-refractivity contribution in [2.75, 3.05) is 6.54 Å².